The van der Waals surface area contributed by atoms with Crippen molar-refractivity contribution in [2.24, 2.45) is 32.3 Å². The van der Waals surface area contributed by atoms with Gasteiger partial charge in [0.25, 0.3) is 40.1 Å². The van der Waals surface area contributed by atoms with Gasteiger partial charge in [-0.2, -0.15) is 10.2 Å². The molecule has 1 fully saturated rings. The normalized spacial score (nSPS) is 13.4. The molecule has 9 N–H and O–H groups in total. The van der Waals surface area contributed by atoms with Crippen LogP contribution in [0.5, 0.6) is 0 Å². The number of hydrazone groups is 2. The molecule has 30 heteroatoms. The number of aromatic nitrogens is 4. The summed E-state index contributed by atoms with van der Waals surface area (Å²) in [6.45, 7) is 9.18. The highest BCUT2D eigenvalue weighted by atomic mass is 32.2. The molecule has 0 radical (unpaired) electrons. The molecule has 538 valence electrons. The molecule has 0 saturated carbocycles. The summed E-state index contributed by atoms with van der Waals surface area (Å²) in [5.41, 5.74) is 12.1. The first-order valence-corrected chi connectivity index (χ1v) is 38.3. The number of nitrogens with two attached hydrogens (primary N) is 1. The van der Waals surface area contributed by atoms with Crippen molar-refractivity contribution in [3.05, 3.63) is 263 Å². The number of amides is 1. The first-order valence-electron chi connectivity index (χ1n) is 32.4. The van der Waals surface area contributed by atoms with Gasteiger partial charge in [-0.3, -0.25) is 23.7 Å². The molecule has 1 amide bonds. The molecule has 0 spiro atoms. The highest BCUT2D eigenvalue weighted by molar-refractivity contribution is 7.93. The van der Waals surface area contributed by atoms with Gasteiger partial charge in [-0.15, -0.1) is 0 Å². The molecule has 1 unspecified atom stereocenters. The third kappa shape index (κ3) is 20.2. The molecule has 13 rings (SSSR count). The molecule has 1 atom stereocenters. The lowest BCUT2D eigenvalue weighted by atomic mass is 9.99. The monoisotopic (exact) mass is 1490 g/mol. The van der Waals surface area contributed by atoms with E-state index in [4.69, 9.17) is 11.0 Å². The van der Waals surface area contributed by atoms with E-state index in [2.05, 4.69) is 74.9 Å². The van der Waals surface area contributed by atoms with Gasteiger partial charge in [-0.05, 0) is 144 Å². The minimum absolute atomic E-state index is 0.0896. The number of benzene rings is 8. The zero-order valence-electron chi connectivity index (χ0n) is 57.3. The summed E-state index contributed by atoms with van der Waals surface area (Å²) in [7, 11) is -13.4. The lowest BCUT2D eigenvalue weighted by molar-refractivity contribution is -0.125. The van der Waals surface area contributed by atoms with Crippen LogP contribution in [0.25, 0.3) is 43.6 Å². The van der Waals surface area contributed by atoms with Crippen LogP contribution in [0.4, 0.5) is 22.7 Å². The smallest absolute Gasteiger partial charge is 0.261 e. The zero-order valence-corrected chi connectivity index (χ0v) is 60.6. The highest BCUT2D eigenvalue weighted by Crippen LogP contribution is 2.30. The molecular formula is C75H73N15O11S4. The van der Waals surface area contributed by atoms with Crippen LogP contribution < -0.4 is 35.5 Å². The Morgan fingerprint density at radius 2 is 0.762 bits per heavy atom. The second-order valence-electron chi connectivity index (χ2n) is 23.8. The number of carbonyl (C=O) groups excluding carboxylic acids is 1. The predicted molar refractivity (Wildman–Crippen MR) is 412 cm³/mol. The van der Waals surface area contributed by atoms with Gasteiger partial charge in [0.1, 0.15) is 7.11 Å². The largest absolute Gasteiger partial charge is 0.411 e. The van der Waals surface area contributed by atoms with Gasteiger partial charge in [0.15, 0.2) is 0 Å². The molecule has 26 nitrogen and oxygen atoms in total. The van der Waals surface area contributed by atoms with Gasteiger partial charge < -0.3 is 21.2 Å². The van der Waals surface area contributed by atoms with Crippen molar-refractivity contribution in [3.8, 4) is 0 Å². The maximum Gasteiger partial charge on any atom is 0.261 e. The van der Waals surface area contributed by atoms with Gasteiger partial charge >= 0.3 is 0 Å². The van der Waals surface area contributed by atoms with Crippen LogP contribution in [-0.4, -0.2) is 110 Å². The Bertz CT molecular complexity index is 5550. The van der Waals surface area contributed by atoms with Crippen molar-refractivity contribution in [2.45, 2.75) is 60.1 Å². The molecule has 4 aromatic heterocycles. The van der Waals surface area contributed by atoms with Crippen molar-refractivity contribution < 1.29 is 48.5 Å². The van der Waals surface area contributed by atoms with E-state index in [9.17, 15) is 38.5 Å². The Labute approximate surface area is 607 Å². The van der Waals surface area contributed by atoms with Crippen LogP contribution in [0.1, 0.15) is 57.9 Å². The van der Waals surface area contributed by atoms with Gasteiger partial charge in [-0.25, -0.2) is 59.0 Å². The van der Waals surface area contributed by atoms with E-state index in [1.807, 2.05) is 70.2 Å². The lowest BCUT2D eigenvalue weighted by Crippen LogP contribution is -2.38. The van der Waals surface area contributed by atoms with E-state index in [1.165, 1.54) is 32.0 Å². The maximum atomic E-state index is 12.8. The third-order valence-corrected chi connectivity index (χ3v) is 21.5. The van der Waals surface area contributed by atoms with Crippen LogP contribution in [0.15, 0.2) is 258 Å². The summed E-state index contributed by atoms with van der Waals surface area (Å²) >= 11 is 0. The lowest BCUT2D eigenvalue weighted by Gasteiger charge is -2.20. The van der Waals surface area contributed by atoms with Crippen molar-refractivity contribution in [3.63, 3.8) is 0 Å². The number of anilines is 4. The van der Waals surface area contributed by atoms with Crippen LogP contribution >= 0.6 is 0 Å². The second-order valence-corrected chi connectivity index (χ2v) is 30.6. The number of nitrogens with zero attached hydrogens (tertiary/aromatic N) is 8. The Morgan fingerprint density at radius 1 is 0.448 bits per heavy atom. The molecule has 1 aliphatic rings. The number of nitrogens with one attached hydrogen (secondary N) is 6. The van der Waals surface area contributed by atoms with Crippen LogP contribution in [-0.2, 0) is 49.7 Å². The van der Waals surface area contributed by atoms with Crippen molar-refractivity contribution >= 4 is 137 Å². The van der Waals surface area contributed by atoms with Gasteiger partial charge in [-0.1, -0.05) is 154 Å². The molecule has 0 aliphatic carbocycles. The summed E-state index contributed by atoms with van der Waals surface area (Å²) < 4.78 is 112. The second kappa shape index (κ2) is 34.3. The number of carbonyl (C=O) groups is 1. The number of piperidine rings is 1. The average molecular weight is 1490 g/mol. The van der Waals surface area contributed by atoms with Crippen molar-refractivity contribution in [2.75, 3.05) is 39.1 Å². The minimum atomic E-state index is -3.76. The van der Waals surface area contributed by atoms with Crippen molar-refractivity contribution in [1.29, 1.82) is 0 Å². The number of sulfonamides is 4. The van der Waals surface area contributed by atoms with Crippen LogP contribution in [0, 0.1) is 33.6 Å². The summed E-state index contributed by atoms with van der Waals surface area (Å²) in [5.74, 6) is 4.94. The topological polar surface area (TPSA) is 382 Å². The maximum absolute atomic E-state index is 12.8. The fraction of sp³-hybridized carbons (Fsp3) is 0.133. The number of pyridine rings is 4. The Balaban J connectivity index is 0.000000151. The Hall–Kier alpha value is -12.1. The molecule has 1 aliphatic heterocycles. The fourth-order valence-corrected chi connectivity index (χ4v) is 14.8. The molecule has 0 bridgehead atoms. The Kier molecular flexibility index (Phi) is 24.7. The number of rotatable bonds is 19. The first-order chi connectivity index (χ1) is 50.4. The summed E-state index contributed by atoms with van der Waals surface area (Å²) in [5, 5.41) is 29.1. The first kappa shape index (κ1) is 75.6. The van der Waals surface area contributed by atoms with Gasteiger partial charge in [0, 0.05) is 28.1 Å². The third-order valence-electron chi connectivity index (χ3n) is 16.0. The van der Waals surface area contributed by atoms with Gasteiger partial charge in [0.2, 0.25) is 5.91 Å². The average Bonchev–Trinajstić information content (AvgIpc) is 0.810. The number of hydrogen-bond acceptors (Lipinski definition) is 21. The van der Waals surface area contributed by atoms with E-state index < -0.39 is 40.1 Å². The fourth-order valence-electron chi connectivity index (χ4n) is 10.5. The molecule has 8 aromatic carbocycles. The molecule has 1 saturated heterocycles. The van der Waals surface area contributed by atoms with Gasteiger partial charge in [0.05, 0.1) is 118 Å². The van der Waals surface area contributed by atoms with Crippen molar-refractivity contribution in [1.82, 2.24) is 30.7 Å². The van der Waals surface area contributed by atoms with Crippen LogP contribution in [0.2, 0.25) is 0 Å². The van der Waals surface area contributed by atoms with E-state index in [-0.39, 0.29) is 31.4 Å². The summed E-state index contributed by atoms with van der Waals surface area (Å²) in [6, 6.07) is 62.0. The number of hydrogen-bond donors (Lipinski definition) is 8. The van der Waals surface area contributed by atoms with E-state index in [1.54, 1.807) is 176 Å². The number of aryl methyl sites for hydroxylation is 4. The molecule has 12 aromatic rings. The van der Waals surface area contributed by atoms with E-state index in [0.29, 0.717) is 74.1 Å². The highest BCUT2D eigenvalue weighted by Gasteiger charge is 2.23. The number of fused-ring (bicyclic) bond motifs is 4. The zero-order chi connectivity index (χ0) is 74.7. The predicted octanol–water partition coefficient (Wildman–Crippen LogP) is 11.9. The number of para-hydroxylation sites is 4. The molecule has 105 heavy (non-hydrogen) atoms. The molecular weight excluding hydrogens is 1420 g/mol. The minimum Gasteiger partial charge on any atom is -0.411 e. The SMILES string of the molecule is CO/N=C/c1ccc2cccc(NS(=O)(=O)c3ccc(C)cc3)c2n1.Cc1ccc(S(=O)(=O)Nc2cccc3ccc(/C=N/N)nc23)cc1.Cc1ccc(S(=O)(=O)Nc2cccc3ccc(/C=N/NC(=O)C4CCCNC4)nc23)cc1.Cc1ccc(S(=O)(=O)Nc2cccc3ccc(/C=N/O)nc23)cc1. The summed E-state index contributed by atoms with van der Waals surface area (Å²) in [6.07, 6.45) is 7.32. The van der Waals surface area contributed by atoms with E-state index in [0.717, 1.165) is 63.2 Å². The van der Waals surface area contributed by atoms with E-state index >= 15 is 0 Å². The Morgan fingerprint density at radius 3 is 1.06 bits per heavy atom. The van der Waals surface area contributed by atoms with Crippen LogP contribution in [0.3, 0.4) is 0 Å². The standard InChI is InChI=1S/C23H25N5O3S.C18H17N3O3S.C17H16N4O2S.C17H15N3O3S/c1-16-7-11-20(12-8-16)32(30,31)28-21-6-2-4-17-9-10-19(26-22(17)21)15-25-27-23(29)18-5-3-13-24-14-18;1-13-6-10-16(11-7-13)25(22,23)21-17-5-3-4-14-8-9-15(12-19-24-2)20-18(14)17;1-12-5-9-15(10-6-12)24(22,23)21-16-4-2-3-13-7-8-14(11-19-18)20-17(13)16;1-12-5-9-15(10-6-12)24(22,23)20-16-4-2-3-13-7-8-14(11-18-21)19-17(13)16/h2,4,6-12,15,18,24,28H,3,5,13-14H2,1H3,(H,27,29);3-12,21H,1-2H3;2-11,21H,18H2,1H3;2-11,20-21H,1H3/b25-15+;19-12+;19-11+;18-11+. The molecule has 5 heterocycles. The quantitative estimate of drug-likeness (QED) is 0.0161. The number of oxime groups is 2. The summed E-state index contributed by atoms with van der Waals surface area (Å²) in [4.78, 5) is 35.3.